The zero-order valence-corrected chi connectivity index (χ0v) is 19.0. The number of ether oxygens (including phenoxy) is 3. The molecule has 0 spiro atoms. The van der Waals surface area contributed by atoms with Gasteiger partial charge in [-0.2, -0.15) is 0 Å². The Morgan fingerprint density at radius 2 is 1.66 bits per heavy atom. The van der Waals surface area contributed by atoms with Crippen LogP contribution in [0.2, 0.25) is 0 Å². The molecule has 1 fully saturated rings. The van der Waals surface area contributed by atoms with Gasteiger partial charge in [0.2, 0.25) is 0 Å². The van der Waals surface area contributed by atoms with Crippen LogP contribution in [-0.4, -0.2) is 44.9 Å². The SMILES string of the molecule is C.C.Cc1cnc(OC2CCC(Oc3cc(C4=CCOCC4)cc4ncc(=O)n(C)c34)CC2)nc1. The van der Waals surface area contributed by atoms with Crippen molar-refractivity contribution in [1.82, 2.24) is 19.5 Å². The van der Waals surface area contributed by atoms with Crippen molar-refractivity contribution in [2.45, 2.75) is 66.1 Å². The van der Waals surface area contributed by atoms with Crippen molar-refractivity contribution in [1.29, 1.82) is 0 Å². The highest BCUT2D eigenvalue weighted by Crippen LogP contribution is 2.34. The quantitative estimate of drug-likeness (QED) is 0.514. The average molecular weight is 481 g/mol. The number of nitrogens with zero attached hydrogens (tertiary/aromatic N) is 4. The Labute approximate surface area is 207 Å². The van der Waals surface area contributed by atoms with Gasteiger partial charge in [-0.25, -0.2) is 15.0 Å². The summed E-state index contributed by atoms with van der Waals surface area (Å²) in [5.74, 6) is 0.703. The molecule has 0 bridgehead atoms. The van der Waals surface area contributed by atoms with E-state index in [1.165, 1.54) is 11.8 Å². The zero-order chi connectivity index (χ0) is 22.8. The van der Waals surface area contributed by atoms with Crippen molar-refractivity contribution < 1.29 is 14.2 Å². The minimum Gasteiger partial charge on any atom is -0.488 e. The molecule has 35 heavy (non-hydrogen) atoms. The summed E-state index contributed by atoms with van der Waals surface area (Å²) in [6, 6.07) is 4.50. The molecule has 3 heterocycles. The standard InChI is InChI=1S/C25H28N4O4.2CH4/c1-16-13-27-25(28-14-16)33-20-5-3-19(4-6-20)32-22-12-18(17-7-9-31-10-8-17)11-21-24(22)29(2)23(30)15-26-21;;/h7,11-15,19-20H,3-6,8-10H2,1-2H3;2*1H4. The van der Waals surface area contributed by atoms with Crippen molar-refractivity contribution in [3.05, 3.63) is 58.3 Å². The van der Waals surface area contributed by atoms with Gasteiger partial charge >= 0.3 is 6.01 Å². The van der Waals surface area contributed by atoms with Gasteiger partial charge in [0, 0.05) is 19.4 Å². The number of hydrogen-bond donors (Lipinski definition) is 0. The van der Waals surface area contributed by atoms with Crippen LogP contribution in [0, 0.1) is 6.92 Å². The summed E-state index contributed by atoms with van der Waals surface area (Å²) < 4.78 is 19.5. The summed E-state index contributed by atoms with van der Waals surface area (Å²) in [6.07, 6.45) is 11.4. The zero-order valence-electron chi connectivity index (χ0n) is 19.0. The summed E-state index contributed by atoms with van der Waals surface area (Å²) in [5.41, 5.74) is 4.63. The van der Waals surface area contributed by atoms with Crippen LogP contribution in [-0.2, 0) is 11.8 Å². The Morgan fingerprint density at radius 3 is 2.31 bits per heavy atom. The summed E-state index contributed by atoms with van der Waals surface area (Å²) in [5, 5.41) is 0. The van der Waals surface area contributed by atoms with Crippen LogP contribution in [0.5, 0.6) is 11.8 Å². The molecule has 1 aromatic carbocycles. The van der Waals surface area contributed by atoms with E-state index >= 15 is 0 Å². The van der Waals surface area contributed by atoms with Crippen LogP contribution in [0.3, 0.4) is 0 Å². The molecule has 2 aliphatic rings. The fourth-order valence-corrected chi connectivity index (χ4v) is 4.45. The molecule has 8 heteroatoms. The smallest absolute Gasteiger partial charge is 0.316 e. The van der Waals surface area contributed by atoms with Crippen molar-refractivity contribution in [3.8, 4) is 11.8 Å². The molecule has 1 aliphatic heterocycles. The fourth-order valence-electron chi connectivity index (χ4n) is 4.45. The van der Waals surface area contributed by atoms with E-state index in [0.717, 1.165) is 54.3 Å². The molecule has 0 amide bonds. The molecule has 2 aromatic heterocycles. The number of aryl methyl sites for hydroxylation is 2. The molecule has 1 saturated carbocycles. The second kappa shape index (κ2) is 11.4. The van der Waals surface area contributed by atoms with Crippen LogP contribution in [0.4, 0.5) is 0 Å². The highest BCUT2D eigenvalue weighted by molar-refractivity contribution is 5.86. The maximum Gasteiger partial charge on any atom is 0.316 e. The number of rotatable bonds is 5. The molecule has 1 aliphatic carbocycles. The molecule has 3 aromatic rings. The van der Waals surface area contributed by atoms with Crippen LogP contribution in [0.15, 0.2) is 41.6 Å². The van der Waals surface area contributed by atoms with Gasteiger partial charge in [0.05, 0.1) is 31.0 Å². The molecular weight excluding hydrogens is 444 g/mol. The van der Waals surface area contributed by atoms with Gasteiger partial charge in [0.15, 0.2) is 0 Å². The van der Waals surface area contributed by atoms with E-state index in [4.69, 9.17) is 14.2 Å². The molecule has 5 rings (SSSR count). The van der Waals surface area contributed by atoms with E-state index in [-0.39, 0.29) is 32.6 Å². The third-order valence-corrected chi connectivity index (χ3v) is 6.31. The van der Waals surface area contributed by atoms with E-state index in [1.807, 2.05) is 19.1 Å². The first-order valence-electron chi connectivity index (χ1n) is 11.5. The number of fused-ring (bicyclic) bond motifs is 1. The molecule has 0 N–H and O–H groups in total. The number of benzene rings is 1. The molecular formula is C27H36N4O4. The molecule has 0 atom stereocenters. The minimum atomic E-state index is -0.152. The summed E-state index contributed by atoms with van der Waals surface area (Å²) in [6.45, 7) is 3.27. The van der Waals surface area contributed by atoms with E-state index in [2.05, 4.69) is 21.0 Å². The molecule has 8 nitrogen and oxygen atoms in total. The third kappa shape index (κ3) is 5.88. The Kier molecular flexibility index (Phi) is 8.62. The highest BCUT2D eigenvalue weighted by Gasteiger charge is 2.26. The van der Waals surface area contributed by atoms with Gasteiger partial charge in [-0.3, -0.25) is 4.79 Å². The average Bonchev–Trinajstić information content (AvgIpc) is 2.84. The van der Waals surface area contributed by atoms with Crippen molar-refractivity contribution >= 4 is 16.6 Å². The Morgan fingerprint density at radius 1 is 0.971 bits per heavy atom. The maximum absolute atomic E-state index is 12.3. The summed E-state index contributed by atoms with van der Waals surface area (Å²) in [4.78, 5) is 25.2. The first-order chi connectivity index (χ1) is 16.1. The lowest BCUT2D eigenvalue weighted by Crippen LogP contribution is -2.30. The van der Waals surface area contributed by atoms with E-state index in [0.29, 0.717) is 25.0 Å². The topological polar surface area (TPSA) is 88.4 Å². The molecule has 0 unspecified atom stereocenters. The van der Waals surface area contributed by atoms with Gasteiger partial charge in [0.25, 0.3) is 5.56 Å². The van der Waals surface area contributed by atoms with Crippen molar-refractivity contribution in [2.75, 3.05) is 13.2 Å². The van der Waals surface area contributed by atoms with Crippen LogP contribution >= 0.6 is 0 Å². The Hall–Kier alpha value is -3.26. The van der Waals surface area contributed by atoms with Gasteiger partial charge in [-0.15, -0.1) is 0 Å². The van der Waals surface area contributed by atoms with Gasteiger partial charge in [-0.1, -0.05) is 20.9 Å². The van der Waals surface area contributed by atoms with E-state index in [9.17, 15) is 4.79 Å². The molecule has 0 radical (unpaired) electrons. The van der Waals surface area contributed by atoms with Gasteiger partial charge in [0.1, 0.15) is 17.4 Å². The largest absolute Gasteiger partial charge is 0.488 e. The summed E-state index contributed by atoms with van der Waals surface area (Å²) >= 11 is 0. The first kappa shape index (κ1) is 26.3. The lowest BCUT2D eigenvalue weighted by molar-refractivity contribution is 0.0755. The van der Waals surface area contributed by atoms with Crippen LogP contribution < -0.4 is 15.0 Å². The lowest BCUT2D eigenvalue weighted by Gasteiger charge is -2.29. The normalized spacial score (nSPS) is 19.8. The third-order valence-electron chi connectivity index (χ3n) is 6.31. The Bertz CT molecular complexity index is 1230. The highest BCUT2D eigenvalue weighted by atomic mass is 16.5. The molecule has 188 valence electrons. The van der Waals surface area contributed by atoms with E-state index < -0.39 is 0 Å². The second-order valence-corrected chi connectivity index (χ2v) is 8.73. The minimum absolute atomic E-state index is 0. The predicted molar refractivity (Wildman–Crippen MR) is 138 cm³/mol. The number of aromatic nitrogens is 4. The van der Waals surface area contributed by atoms with Crippen molar-refractivity contribution in [3.63, 3.8) is 0 Å². The lowest BCUT2D eigenvalue weighted by atomic mass is 9.94. The fraction of sp³-hybridized carbons (Fsp3) is 0.481. The van der Waals surface area contributed by atoms with Gasteiger partial charge < -0.3 is 18.8 Å². The summed E-state index contributed by atoms with van der Waals surface area (Å²) in [7, 11) is 1.76. The number of hydrogen-bond acceptors (Lipinski definition) is 7. The monoisotopic (exact) mass is 480 g/mol. The van der Waals surface area contributed by atoms with Crippen molar-refractivity contribution in [2.24, 2.45) is 7.05 Å². The second-order valence-electron chi connectivity index (χ2n) is 8.73. The van der Waals surface area contributed by atoms with Crippen LogP contribution in [0.25, 0.3) is 16.6 Å². The molecule has 0 saturated heterocycles. The van der Waals surface area contributed by atoms with Crippen LogP contribution in [0.1, 0.15) is 58.1 Å². The predicted octanol–water partition coefficient (Wildman–Crippen LogP) is 4.88. The maximum atomic E-state index is 12.3. The Balaban J connectivity index is 0.00000171. The van der Waals surface area contributed by atoms with E-state index in [1.54, 1.807) is 24.0 Å². The first-order valence-corrected chi connectivity index (χ1v) is 11.5. The van der Waals surface area contributed by atoms with Gasteiger partial charge in [-0.05, 0) is 67.9 Å².